The second-order valence-electron chi connectivity index (χ2n) is 4.08. The smallest absolute Gasteiger partial charge is 0.0743 e. The standard InChI is InChI=1S/C11H13BrIN3S/c1-6(2)16-11(8(12)4-15-16)10(14)7-3-9(13)17-5-7/h3-6,10H,14H2,1-2H3. The van der Waals surface area contributed by atoms with E-state index in [2.05, 4.69) is 68.9 Å². The van der Waals surface area contributed by atoms with Gasteiger partial charge in [0.2, 0.25) is 0 Å². The number of hydrogen-bond donors (Lipinski definition) is 1. The van der Waals surface area contributed by atoms with Crippen molar-refractivity contribution in [1.82, 2.24) is 9.78 Å². The Hall–Kier alpha value is 0.0800. The molecule has 17 heavy (non-hydrogen) atoms. The summed E-state index contributed by atoms with van der Waals surface area (Å²) >= 11 is 7.55. The molecule has 3 nitrogen and oxygen atoms in total. The maximum Gasteiger partial charge on any atom is 0.0743 e. The van der Waals surface area contributed by atoms with E-state index >= 15 is 0 Å². The molecule has 0 spiro atoms. The molecule has 0 fully saturated rings. The van der Waals surface area contributed by atoms with Gasteiger partial charge in [-0.2, -0.15) is 5.10 Å². The fourth-order valence-corrected chi connectivity index (χ4v) is 3.63. The molecule has 92 valence electrons. The van der Waals surface area contributed by atoms with E-state index in [0.717, 1.165) is 15.7 Å². The molecule has 2 heterocycles. The van der Waals surface area contributed by atoms with Crippen LogP contribution in [0.1, 0.15) is 37.2 Å². The van der Waals surface area contributed by atoms with Gasteiger partial charge in [-0.15, -0.1) is 11.3 Å². The number of halogens is 2. The molecule has 0 aliphatic rings. The van der Waals surface area contributed by atoms with E-state index < -0.39 is 0 Å². The van der Waals surface area contributed by atoms with Crippen LogP contribution in [0.3, 0.4) is 0 Å². The molecular formula is C11H13BrIN3S. The van der Waals surface area contributed by atoms with Crippen molar-refractivity contribution >= 4 is 49.9 Å². The molecule has 1 atom stereocenters. The zero-order valence-electron chi connectivity index (χ0n) is 9.52. The minimum atomic E-state index is -0.131. The second-order valence-corrected chi connectivity index (χ2v) is 7.74. The van der Waals surface area contributed by atoms with Crippen LogP contribution in [0.2, 0.25) is 0 Å². The highest BCUT2D eigenvalue weighted by Gasteiger charge is 2.20. The lowest BCUT2D eigenvalue weighted by atomic mass is 10.1. The normalized spacial score (nSPS) is 13.3. The number of hydrogen-bond acceptors (Lipinski definition) is 3. The summed E-state index contributed by atoms with van der Waals surface area (Å²) in [6.07, 6.45) is 1.81. The van der Waals surface area contributed by atoms with Gasteiger partial charge in [0.15, 0.2) is 0 Å². The first-order chi connectivity index (χ1) is 8.00. The third-order valence-corrected chi connectivity index (χ3v) is 4.94. The van der Waals surface area contributed by atoms with Crippen molar-refractivity contribution in [1.29, 1.82) is 0 Å². The molecule has 0 aliphatic heterocycles. The van der Waals surface area contributed by atoms with Gasteiger partial charge in [0.25, 0.3) is 0 Å². The molecule has 2 rings (SSSR count). The largest absolute Gasteiger partial charge is 0.319 e. The average Bonchev–Trinajstić information content (AvgIpc) is 2.83. The first-order valence-corrected chi connectivity index (χ1v) is 7.98. The van der Waals surface area contributed by atoms with Gasteiger partial charge in [-0.3, -0.25) is 4.68 Å². The SMILES string of the molecule is CC(C)n1ncc(Br)c1C(N)c1csc(I)c1. The lowest BCUT2D eigenvalue weighted by Gasteiger charge is -2.16. The van der Waals surface area contributed by atoms with Crippen LogP contribution in [0.15, 0.2) is 22.1 Å². The Morgan fingerprint density at radius 3 is 2.76 bits per heavy atom. The molecule has 0 saturated carbocycles. The predicted molar refractivity (Wildman–Crippen MR) is 83.4 cm³/mol. The highest BCUT2D eigenvalue weighted by Crippen LogP contribution is 2.31. The molecule has 0 aliphatic carbocycles. The average molecular weight is 426 g/mol. The van der Waals surface area contributed by atoms with Crippen molar-refractivity contribution in [2.45, 2.75) is 25.9 Å². The quantitative estimate of drug-likeness (QED) is 0.757. The van der Waals surface area contributed by atoms with E-state index in [-0.39, 0.29) is 6.04 Å². The van der Waals surface area contributed by atoms with E-state index in [1.165, 1.54) is 2.88 Å². The Morgan fingerprint density at radius 2 is 2.24 bits per heavy atom. The first-order valence-electron chi connectivity index (χ1n) is 5.23. The van der Waals surface area contributed by atoms with Crippen molar-refractivity contribution in [3.05, 3.63) is 36.3 Å². The van der Waals surface area contributed by atoms with Crippen LogP contribution in [-0.4, -0.2) is 9.78 Å². The molecule has 0 radical (unpaired) electrons. The summed E-state index contributed by atoms with van der Waals surface area (Å²) in [7, 11) is 0. The molecule has 2 aromatic rings. The van der Waals surface area contributed by atoms with Gasteiger partial charge < -0.3 is 5.73 Å². The Bertz CT molecular complexity index is 521. The van der Waals surface area contributed by atoms with Gasteiger partial charge in [0.05, 0.1) is 25.3 Å². The summed E-state index contributed by atoms with van der Waals surface area (Å²) in [5.41, 5.74) is 8.50. The maximum atomic E-state index is 6.33. The predicted octanol–water partition coefficient (Wildman–Crippen LogP) is 3.94. The van der Waals surface area contributed by atoms with Gasteiger partial charge in [-0.1, -0.05) is 0 Å². The molecule has 0 aromatic carbocycles. The zero-order valence-corrected chi connectivity index (χ0v) is 14.1. The summed E-state index contributed by atoms with van der Waals surface area (Å²) in [4.78, 5) is 0. The van der Waals surface area contributed by atoms with E-state index in [4.69, 9.17) is 5.73 Å². The summed E-state index contributed by atoms with van der Waals surface area (Å²) in [6.45, 7) is 4.21. The molecular weight excluding hydrogens is 413 g/mol. The highest BCUT2D eigenvalue weighted by molar-refractivity contribution is 14.1. The van der Waals surface area contributed by atoms with Gasteiger partial charge in [-0.25, -0.2) is 0 Å². The van der Waals surface area contributed by atoms with Crippen LogP contribution in [-0.2, 0) is 0 Å². The molecule has 2 aromatic heterocycles. The van der Waals surface area contributed by atoms with Crippen LogP contribution in [0.4, 0.5) is 0 Å². The number of nitrogens with two attached hydrogens (primary N) is 1. The minimum Gasteiger partial charge on any atom is -0.319 e. The van der Waals surface area contributed by atoms with Gasteiger partial charge in [0, 0.05) is 6.04 Å². The topological polar surface area (TPSA) is 43.8 Å². The van der Waals surface area contributed by atoms with Crippen molar-refractivity contribution < 1.29 is 0 Å². The molecule has 0 amide bonds. The number of nitrogens with zero attached hydrogens (tertiary/aromatic N) is 2. The minimum absolute atomic E-state index is 0.131. The summed E-state index contributed by atoms with van der Waals surface area (Å²) in [5, 5.41) is 6.47. The van der Waals surface area contributed by atoms with E-state index in [9.17, 15) is 0 Å². The second kappa shape index (κ2) is 5.38. The third-order valence-electron chi connectivity index (χ3n) is 2.52. The summed E-state index contributed by atoms with van der Waals surface area (Å²) in [6, 6.07) is 2.30. The van der Waals surface area contributed by atoms with E-state index in [0.29, 0.717) is 6.04 Å². The molecule has 6 heteroatoms. The lowest BCUT2D eigenvalue weighted by Crippen LogP contribution is -2.18. The van der Waals surface area contributed by atoms with Crippen molar-refractivity contribution in [2.24, 2.45) is 5.73 Å². The fourth-order valence-electron chi connectivity index (χ4n) is 1.70. The maximum absolute atomic E-state index is 6.33. The monoisotopic (exact) mass is 425 g/mol. The molecule has 0 saturated heterocycles. The van der Waals surface area contributed by atoms with Crippen LogP contribution >= 0.6 is 49.9 Å². The molecule has 2 N–H and O–H groups in total. The molecule has 1 unspecified atom stereocenters. The van der Waals surface area contributed by atoms with Gasteiger partial charge >= 0.3 is 0 Å². The Balaban J connectivity index is 2.43. The summed E-state index contributed by atoms with van der Waals surface area (Å²) in [5.74, 6) is 0. The van der Waals surface area contributed by atoms with E-state index in [1.807, 2.05) is 10.9 Å². The number of rotatable bonds is 3. The van der Waals surface area contributed by atoms with E-state index in [1.54, 1.807) is 11.3 Å². The van der Waals surface area contributed by atoms with Gasteiger partial charge in [-0.05, 0) is 69.4 Å². The van der Waals surface area contributed by atoms with Crippen LogP contribution in [0.25, 0.3) is 0 Å². The Kier molecular flexibility index (Phi) is 4.27. The first kappa shape index (κ1) is 13.5. The number of thiophene rings is 1. The van der Waals surface area contributed by atoms with Crippen molar-refractivity contribution in [3.8, 4) is 0 Å². The van der Waals surface area contributed by atoms with Crippen LogP contribution in [0, 0.1) is 2.88 Å². The Morgan fingerprint density at radius 1 is 1.53 bits per heavy atom. The van der Waals surface area contributed by atoms with Crippen LogP contribution < -0.4 is 5.73 Å². The Labute approximate surface area is 127 Å². The lowest BCUT2D eigenvalue weighted by molar-refractivity contribution is 0.498. The summed E-state index contributed by atoms with van der Waals surface area (Å²) < 4.78 is 4.19. The zero-order chi connectivity index (χ0) is 12.6. The number of aromatic nitrogens is 2. The third kappa shape index (κ3) is 2.74. The highest BCUT2D eigenvalue weighted by atomic mass is 127. The molecule has 0 bridgehead atoms. The van der Waals surface area contributed by atoms with Crippen molar-refractivity contribution in [2.75, 3.05) is 0 Å². The van der Waals surface area contributed by atoms with Crippen molar-refractivity contribution in [3.63, 3.8) is 0 Å². The van der Waals surface area contributed by atoms with Gasteiger partial charge in [0.1, 0.15) is 0 Å². The fraction of sp³-hybridized carbons (Fsp3) is 0.364. The van der Waals surface area contributed by atoms with Crippen LogP contribution in [0.5, 0.6) is 0 Å².